The number of hydrogen-bond donors (Lipinski definition) is 4. The van der Waals surface area contributed by atoms with Crippen LogP contribution in [0.5, 0.6) is 0 Å². The van der Waals surface area contributed by atoms with Gasteiger partial charge in [-0.3, -0.25) is 9.69 Å². The second-order valence-electron chi connectivity index (χ2n) is 9.47. The molecule has 3 aromatic carbocycles. The van der Waals surface area contributed by atoms with Gasteiger partial charge in [0.2, 0.25) is 0 Å². The summed E-state index contributed by atoms with van der Waals surface area (Å²) in [6, 6.07) is 18.4. The highest BCUT2D eigenvalue weighted by Crippen LogP contribution is 2.31. The summed E-state index contributed by atoms with van der Waals surface area (Å²) < 4.78 is 19.5. The summed E-state index contributed by atoms with van der Waals surface area (Å²) >= 11 is 0. The molecule has 1 fully saturated rings. The quantitative estimate of drug-likeness (QED) is 0.309. The summed E-state index contributed by atoms with van der Waals surface area (Å²) in [4.78, 5) is 26.9. The highest BCUT2D eigenvalue weighted by Gasteiger charge is 2.25. The number of anilines is 2. The number of nitrogen functional groups attached to an aromatic ring is 1. The summed E-state index contributed by atoms with van der Waals surface area (Å²) in [6.45, 7) is 4.57. The smallest absolute Gasteiger partial charge is 0.312 e. The molecule has 0 saturated carbocycles. The summed E-state index contributed by atoms with van der Waals surface area (Å²) in [5.74, 6) is -0.519. The molecule has 9 heteroatoms. The third kappa shape index (κ3) is 6.87. The number of morpholine rings is 1. The van der Waals surface area contributed by atoms with Crippen molar-refractivity contribution in [2.75, 3.05) is 37.4 Å². The third-order valence-electron chi connectivity index (χ3n) is 6.88. The highest BCUT2D eigenvalue weighted by atomic mass is 19.1. The van der Waals surface area contributed by atoms with Crippen LogP contribution in [0.25, 0.3) is 0 Å². The van der Waals surface area contributed by atoms with E-state index < -0.39 is 6.03 Å². The predicted molar refractivity (Wildman–Crippen MR) is 146 cm³/mol. The van der Waals surface area contributed by atoms with Gasteiger partial charge in [-0.1, -0.05) is 36.4 Å². The molecule has 1 aliphatic heterocycles. The van der Waals surface area contributed by atoms with E-state index in [1.54, 1.807) is 43.3 Å². The first kappa shape index (κ1) is 27.1. The molecule has 0 bridgehead atoms. The van der Waals surface area contributed by atoms with E-state index >= 15 is 0 Å². The topological polar surface area (TPSA) is 123 Å². The molecule has 6 N–H and O–H groups in total. The zero-order chi connectivity index (χ0) is 27.1. The van der Waals surface area contributed by atoms with Crippen molar-refractivity contribution in [3.05, 3.63) is 94.8 Å². The van der Waals surface area contributed by atoms with Gasteiger partial charge in [-0.25, -0.2) is 9.18 Å². The lowest BCUT2D eigenvalue weighted by atomic mass is 9.93. The Morgan fingerprint density at radius 1 is 1.00 bits per heavy atom. The lowest BCUT2D eigenvalue weighted by Crippen LogP contribution is -2.40. The van der Waals surface area contributed by atoms with Crippen LogP contribution < -0.4 is 22.1 Å². The Hall–Kier alpha value is -3.95. The molecular formula is C29H34FN5O3. The van der Waals surface area contributed by atoms with E-state index in [1.165, 1.54) is 6.07 Å². The first-order valence-electron chi connectivity index (χ1n) is 12.7. The molecule has 8 nitrogen and oxygen atoms in total. The van der Waals surface area contributed by atoms with Crippen molar-refractivity contribution in [2.24, 2.45) is 5.73 Å². The highest BCUT2D eigenvalue weighted by molar-refractivity contribution is 6.05. The van der Waals surface area contributed by atoms with Crippen LogP contribution in [0, 0.1) is 12.7 Å². The molecular weight excluding hydrogens is 485 g/mol. The molecule has 1 saturated heterocycles. The van der Waals surface area contributed by atoms with Crippen LogP contribution in [0.2, 0.25) is 0 Å². The Morgan fingerprint density at radius 3 is 2.34 bits per heavy atom. The molecule has 2 unspecified atom stereocenters. The van der Waals surface area contributed by atoms with Crippen LogP contribution in [0.4, 0.5) is 20.6 Å². The number of nitrogens with two attached hydrogens (primary N) is 2. The minimum Gasteiger partial charge on any atom is -0.397 e. The molecule has 0 spiro atoms. The van der Waals surface area contributed by atoms with Gasteiger partial charge in [-0.2, -0.15) is 0 Å². The van der Waals surface area contributed by atoms with Gasteiger partial charge in [-0.05, 0) is 66.8 Å². The first-order valence-corrected chi connectivity index (χ1v) is 12.7. The number of aryl methyl sites for hydroxylation is 1. The first-order chi connectivity index (χ1) is 18.3. The second-order valence-corrected chi connectivity index (χ2v) is 9.47. The van der Waals surface area contributed by atoms with Crippen molar-refractivity contribution in [1.82, 2.24) is 10.2 Å². The van der Waals surface area contributed by atoms with Gasteiger partial charge in [-0.15, -0.1) is 0 Å². The van der Waals surface area contributed by atoms with Gasteiger partial charge in [0.25, 0.3) is 5.91 Å². The molecule has 3 amide bonds. The van der Waals surface area contributed by atoms with Crippen molar-refractivity contribution < 1.29 is 18.7 Å². The van der Waals surface area contributed by atoms with E-state index in [2.05, 4.69) is 15.5 Å². The molecule has 2 atom stereocenters. The molecule has 1 heterocycles. The number of nitrogens with one attached hydrogen (secondary N) is 2. The number of ether oxygens (including phenoxy) is 1. The molecule has 0 radical (unpaired) electrons. The number of carbonyl (C=O) groups excluding carboxylic acids is 2. The van der Waals surface area contributed by atoms with Gasteiger partial charge < -0.3 is 26.8 Å². The van der Waals surface area contributed by atoms with Crippen molar-refractivity contribution in [1.29, 1.82) is 0 Å². The van der Waals surface area contributed by atoms with E-state index in [1.807, 2.05) is 24.3 Å². The molecule has 38 heavy (non-hydrogen) atoms. The Labute approximate surface area is 222 Å². The minimum absolute atomic E-state index is 0.0248. The number of halogens is 1. The lowest BCUT2D eigenvalue weighted by molar-refractivity contribution is 0.0133. The number of carbonyl (C=O) groups is 2. The number of nitrogens with zero attached hydrogens (tertiary/aromatic N) is 1. The maximum Gasteiger partial charge on any atom is 0.312 e. The van der Waals surface area contributed by atoms with Gasteiger partial charge in [0.1, 0.15) is 5.82 Å². The number of amides is 3. The molecule has 4 rings (SSSR count). The monoisotopic (exact) mass is 519 g/mol. The fourth-order valence-electron chi connectivity index (χ4n) is 4.81. The van der Waals surface area contributed by atoms with Crippen LogP contribution in [0.3, 0.4) is 0 Å². The number of primary amides is 1. The van der Waals surface area contributed by atoms with Crippen LogP contribution in [0.1, 0.15) is 52.0 Å². The fourth-order valence-corrected chi connectivity index (χ4v) is 4.81. The van der Waals surface area contributed by atoms with Crippen molar-refractivity contribution in [3.63, 3.8) is 0 Å². The van der Waals surface area contributed by atoms with Crippen molar-refractivity contribution in [2.45, 2.75) is 31.8 Å². The zero-order valence-electron chi connectivity index (χ0n) is 21.5. The summed E-state index contributed by atoms with van der Waals surface area (Å²) in [5, 5.41) is 5.66. The van der Waals surface area contributed by atoms with E-state index in [0.717, 1.165) is 24.2 Å². The zero-order valence-corrected chi connectivity index (χ0v) is 21.5. The number of benzene rings is 3. The summed E-state index contributed by atoms with van der Waals surface area (Å²) in [7, 11) is 0. The van der Waals surface area contributed by atoms with E-state index in [0.29, 0.717) is 48.6 Å². The Balaban J connectivity index is 1.50. The average Bonchev–Trinajstić information content (AvgIpc) is 2.92. The lowest BCUT2D eigenvalue weighted by Gasteiger charge is -2.36. The van der Waals surface area contributed by atoms with Gasteiger partial charge >= 0.3 is 6.03 Å². The number of hydrogen-bond acceptors (Lipinski definition) is 5. The van der Waals surface area contributed by atoms with Gasteiger partial charge in [0, 0.05) is 24.7 Å². The predicted octanol–water partition coefficient (Wildman–Crippen LogP) is 4.53. The Kier molecular flexibility index (Phi) is 8.93. The SMILES string of the molecule is Cc1cc(C(CCC(NC(N)=O)c2ccc(C(=O)Nc3ccccc3N)cc2)N2CCOCC2)ccc1F. The Bertz CT molecular complexity index is 1260. The standard InChI is InChI=1S/C29H34FN5O3/c1-19-18-22(10-11-23(19)30)27(35-14-16-38-17-15-35)13-12-25(34-29(32)37)20-6-8-21(9-7-20)28(36)33-26-5-3-2-4-24(26)31/h2-11,18,25,27H,12-17,31H2,1H3,(H,33,36)(H3,32,34,37). The van der Waals surface area contributed by atoms with E-state index in [9.17, 15) is 14.0 Å². The van der Waals surface area contributed by atoms with E-state index in [4.69, 9.17) is 16.2 Å². The second kappa shape index (κ2) is 12.5. The van der Waals surface area contributed by atoms with Gasteiger partial charge in [0.15, 0.2) is 0 Å². The molecule has 200 valence electrons. The largest absolute Gasteiger partial charge is 0.397 e. The van der Waals surface area contributed by atoms with Crippen LogP contribution in [-0.4, -0.2) is 43.1 Å². The Morgan fingerprint density at radius 2 is 1.68 bits per heavy atom. The normalized spacial score (nSPS) is 15.4. The van der Waals surface area contributed by atoms with Crippen LogP contribution >= 0.6 is 0 Å². The third-order valence-corrected chi connectivity index (χ3v) is 6.88. The van der Waals surface area contributed by atoms with Crippen LogP contribution in [0.15, 0.2) is 66.7 Å². The maximum atomic E-state index is 14.0. The molecule has 0 aromatic heterocycles. The number of urea groups is 1. The molecule has 1 aliphatic rings. The van der Waals surface area contributed by atoms with E-state index in [-0.39, 0.29) is 23.8 Å². The fraction of sp³-hybridized carbons (Fsp3) is 0.310. The van der Waals surface area contributed by atoms with Crippen LogP contribution in [-0.2, 0) is 4.74 Å². The van der Waals surface area contributed by atoms with Crippen molar-refractivity contribution >= 4 is 23.3 Å². The number of rotatable bonds is 9. The average molecular weight is 520 g/mol. The van der Waals surface area contributed by atoms with Crippen molar-refractivity contribution in [3.8, 4) is 0 Å². The summed E-state index contributed by atoms with van der Waals surface area (Å²) in [5.41, 5.74) is 15.4. The minimum atomic E-state index is -0.628. The van der Waals surface area contributed by atoms with Gasteiger partial charge in [0.05, 0.1) is 30.6 Å². The molecule has 0 aliphatic carbocycles. The number of para-hydroxylation sites is 2. The molecule has 3 aromatic rings. The summed E-state index contributed by atoms with van der Waals surface area (Å²) in [6.07, 6.45) is 1.29. The maximum absolute atomic E-state index is 14.0.